The van der Waals surface area contributed by atoms with Gasteiger partial charge in [0.2, 0.25) is 0 Å². The van der Waals surface area contributed by atoms with Gasteiger partial charge in [0.15, 0.2) is 5.75 Å². The number of carboxylic acid groups (broad SMARTS) is 1. The van der Waals surface area contributed by atoms with E-state index >= 15 is 0 Å². The second-order valence-electron chi connectivity index (χ2n) is 6.04. The molecule has 25 heavy (non-hydrogen) atoms. The van der Waals surface area contributed by atoms with Gasteiger partial charge in [0.25, 0.3) is 11.5 Å². The standard InChI is InChI=1S/C16H19N3O5.Na.H/c1-8-9-5-3-4-6-10(9)13-14(22)12(15(23)17-7-11(20)21)16(24)18(2)19(8)13;;/h22H,3-7H2,1-2H3,(H,17,23)(H,20,21);;/q;+1;-1. The molecule has 1 amide bonds. The van der Waals surface area contributed by atoms with Gasteiger partial charge in [-0.25, -0.2) is 4.68 Å². The van der Waals surface area contributed by atoms with E-state index in [4.69, 9.17) is 5.11 Å². The number of carbonyl (C=O) groups is 2. The van der Waals surface area contributed by atoms with Crippen LogP contribution in [0.5, 0.6) is 5.75 Å². The number of aliphatic carboxylic acids is 1. The zero-order chi connectivity index (χ0) is 17.6. The van der Waals surface area contributed by atoms with E-state index in [0.717, 1.165) is 42.5 Å². The predicted molar refractivity (Wildman–Crippen MR) is 86.8 cm³/mol. The van der Waals surface area contributed by atoms with Crippen molar-refractivity contribution in [2.24, 2.45) is 7.05 Å². The number of nitrogens with one attached hydrogen (secondary N) is 1. The maximum absolute atomic E-state index is 12.5. The van der Waals surface area contributed by atoms with Gasteiger partial charge in [-0.2, -0.15) is 0 Å². The van der Waals surface area contributed by atoms with Crippen molar-refractivity contribution in [1.82, 2.24) is 14.5 Å². The number of rotatable bonds is 3. The fourth-order valence-corrected chi connectivity index (χ4v) is 3.53. The number of amides is 1. The minimum atomic E-state index is -1.23. The molecule has 130 valence electrons. The van der Waals surface area contributed by atoms with Crippen LogP contribution in [-0.4, -0.2) is 37.8 Å². The summed E-state index contributed by atoms with van der Waals surface area (Å²) in [5.41, 5.74) is 2.32. The van der Waals surface area contributed by atoms with E-state index in [-0.39, 0.29) is 36.7 Å². The van der Waals surface area contributed by atoms with Crippen molar-refractivity contribution in [3.63, 3.8) is 0 Å². The normalized spacial score (nSPS) is 13.2. The number of fused-ring (bicyclic) bond motifs is 3. The Morgan fingerprint density at radius 3 is 2.44 bits per heavy atom. The SMILES string of the molecule is Cc1c2c(c3c(O)c(C(=O)NCC(=O)O)c(=O)n(C)n13)CCCC2.[H-].[Na+]. The van der Waals surface area contributed by atoms with Crippen molar-refractivity contribution < 1.29 is 50.8 Å². The van der Waals surface area contributed by atoms with Crippen molar-refractivity contribution >= 4 is 17.4 Å². The molecule has 2 aromatic heterocycles. The maximum atomic E-state index is 12.5. The molecule has 0 atom stereocenters. The van der Waals surface area contributed by atoms with Gasteiger partial charge in [0, 0.05) is 12.7 Å². The smallest absolute Gasteiger partial charge is 1.00 e. The topological polar surface area (TPSA) is 113 Å². The number of nitrogens with zero attached hydrogens (tertiary/aromatic N) is 2. The Morgan fingerprint density at radius 2 is 1.84 bits per heavy atom. The minimum Gasteiger partial charge on any atom is -1.00 e. The number of aromatic nitrogens is 2. The first-order valence-corrected chi connectivity index (χ1v) is 7.79. The van der Waals surface area contributed by atoms with Crippen LogP contribution in [0.25, 0.3) is 5.52 Å². The van der Waals surface area contributed by atoms with Crippen LogP contribution in [0, 0.1) is 6.92 Å². The average Bonchev–Trinajstić information content (AvgIpc) is 2.85. The molecule has 2 heterocycles. The van der Waals surface area contributed by atoms with Crippen molar-refractivity contribution in [2.45, 2.75) is 32.6 Å². The summed E-state index contributed by atoms with van der Waals surface area (Å²) in [7, 11) is 1.53. The van der Waals surface area contributed by atoms with Gasteiger partial charge in [-0.05, 0) is 43.7 Å². The Labute approximate surface area is 167 Å². The average molecular weight is 357 g/mol. The van der Waals surface area contributed by atoms with Gasteiger partial charge < -0.3 is 17.0 Å². The largest absolute Gasteiger partial charge is 1.00 e. The van der Waals surface area contributed by atoms with Crippen LogP contribution in [0.3, 0.4) is 0 Å². The van der Waals surface area contributed by atoms with Crippen LogP contribution in [-0.2, 0) is 24.7 Å². The molecule has 3 N–H and O–H groups in total. The van der Waals surface area contributed by atoms with E-state index in [1.165, 1.54) is 11.7 Å². The van der Waals surface area contributed by atoms with E-state index < -0.39 is 29.5 Å². The molecule has 0 saturated carbocycles. The summed E-state index contributed by atoms with van der Waals surface area (Å²) < 4.78 is 2.93. The fraction of sp³-hybridized carbons (Fsp3) is 0.438. The third-order valence-corrected chi connectivity index (χ3v) is 4.62. The van der Waals surface area contributed by atoms with Crippen molar-refractivity contribution in [2.75, 3.05) is 6.54 Å². The quantitative estimate of drug-likeness (QED) is 0.524. The molecule has 3 rings (SSSR count). The molecule has 0 radical (unpaired) electrons. The second kappa shape index (κ2) is 7.23. The van der Waals surface area contributed by atoms with Crippen molar-refractivity contribution in [1.29, 1.82) is 0 Å². The summed E-state index contributed by atoms with van der Waals surface area (Å²) in [4.78, 5) is 35.3. The summed E-state index contributed by atoms with van der Waals surface area (Å²) in [6.07, 6.45) is 3.67. The minimum absolute atomic E-state index is 0. The summed E-state index contributed by atoms with van der Waals surface area (Å²) in [6.45, 7) is 1.27. The zero-order valence-corrected chi connectivity index (χ0v) is 16.5. The molecule has 0 saturated heterocycles. The van der Waals surface area contributed by atoms with Crippen LogP contribution in [0.1, 0.15) is 41.4 Å². The predicted octanol–water partition coefficient (Wildman–Crippen LogP) is -2.54. The Morgan fingerprint density at radius 1 is 1.24 bits per heavy atom. The third kappa shape index (κ3) is 3.09. The monoisotopic (exact) mass is 357 g/mol. The fourth-order valence-electron chi connectivity index (χ4n) is 3.53. The van der Waals surface area contributed by atoms with E-state index in [1.54, 1.807) is 4.52 Å². The van der Waals surface area contributed by atoms with Crippen LogP contribution >= 0.6 is 0 Å². The number of hydrogen-bond donors (Lipinski definition) is 3. The van der Waals surface area contributed by atoms with Gasteiger partial charge in [-0.1, -0.05) is 0 Å². The second-order valence-corrected chi connectivity index (χ2v) is 6.04. The maximum Gasteiger partial charge on any atom is 1.00 e. The molecular formula is C16H20N3NaO5. The first-order valence-electron chi connectivity index (χ1n) is 7.79. The number of carbonyl (C=O) groups excluding carboxylic acids is 1. The third-order valence-electron chi connectivity index (χ3n) is 4.62. The first kappa shape index (κ1) is 19.6. The molecular weight excluding hydrogens is 337 g/mol. The molecule has 0 aliphatic heterocycles. The summed E-state index contributed by atoms with van der Waals surface area (Å²) in [5.74, 6) is -2.50. The van der Waals surface area contributed by atoms with Gasteiger partial charge in [0.1, 0.15) is 17.6 Å². The van der Waals surface area contributed by atoms with Gasteiger partial charge in [-0.15, -0.1) is 0 Å². The van der Waals surface area contributed by atoms with Gasteiger partial charge in [-0.3, -0.25) is 18.9 Å². The molecule has 0 fully saturated rings. The molecule has 0 unspecified atom stereocenters. The molecule has 1 aliphatic carbocycles. The summed E-state index contributed by atoms with van der Waals surface area (Å²) >= 11 is 0. The molecule has 1 aliphatic rings. The Bertz CT molecular complexity index is 935. The van der Waals surface area contributed by atoms with Crippen molar-refractivity contribution in [3.05, 3.63) is 32.7 Å². The first-order chi connectivity index (χ1) is 11.3. The number of aromatic hydroxyl groups is 1. The Balaban J connectivity index is 0.00000169. The Hall–Kier alpha value is -1.77. The summed E-state index contributed by atoms with van der Waals surface area (Å²) in [6, 6.07) is 0. The van der Waals surface area contributed by atoms with Crippen LogP contribution < -0.4 is 40.4 Å². The summed E-state index contributed by atoms with van der Waals surface area (Å²) in [5, 5.41) is 21.4. The zero-order valence-electron chi connectivity index (χ0n) is 15.5. The van der Waals surface area contributed by atoms with Crippen molar-refractivity contribution in [3.8, 4) is 5.75 Å². The molecule has 0 spiro atoms. The molecule has 8 nitrogen and oxygen atoms in total. The Kier molecular flexibility index (Phi) is 5.65. The molecule has 9 heteroatoms. The molecule has 2 aromatic rings. The van der Waals surface area contributed by atoms with Crippen LogP contribution in [0.2, 0.25) is 0 Å². The van der Waals surface area contributed by atoms with Gasteiger partial charge >= 0.3 is 35.5 Å². The number of aryl methyl sites for hydroxylation is 3. The van der Waals surface area contributed by atoms with Crippen LogP contribution in [0.15, 0.2) is 4.79 Å². The number of carboxylic acids is 1. The number of hydrogen-bond acceptors (Lipinski definition) is 4. The van der Waals surface area contributed by atoms with E-state index in [9.17, 15) is 19.5 Å². The van der Waals surface area contributed by atoms with E-state index in [0.29, 0.717) is 5.52 Å². The van der Waals surface area contributed by atoms with E-state index in [2.05, 4.69) is 5.32 Å². The van der Waals surface area contributed by atoms with Crippen LogP contribution in [0.4, 0.5) is 0 Å². The van der Waals surface area contributed by atoms with Gasteiger partial charge in [0.05, 0.1) is 0 Å². The molecule has 0 aromatic carbocycles. The molecule has 0 bridgehead atoms. The van der Waals surface area contributed by atoms with E-state index in [1.807, 2.05) is 6.92 Å².